The molecule has 0 spiro atoms. The van der Waals surface area contributed by atoms with Crippen LogP contribution in [0.15, 0.2) is 85.1 Å². The van der Waals surface area contributed by atoms with Gasteiger partial charge in [-0.1, -0.05) is 279 Å². The molecule has 1 aliphatic rings. The van der Waals surface area contributed by atoms with Crippen LogP contribution in [0.4, 0.5) is 0 Å². The van der Waals surface area contributed by atoms with Crippen LogP contribution in [0.25, 0.3) is 0 Å². The van der Waals surface area contributed by atoms with Gasteiger partial charge in [0.25, 0.3) is 0 Å². The van der Waals surface area contributed by atoms with Gasteiger partial charge in [-0.05, 0) is 116 Å². The number of hydrogen-bond donors (Lipinski definition) is 6. The molecule has 0 bridgehead atoms. The van der Waals surface area contributed by atoms with Gasteiger partial charge in [-0.15, -0.1) is 0 Å². The molecule has 1 heterocycles. The first-order chi connectivity index (χ1) is 42.7. The Morgan fingerprint density at radius 2 is 0.805 bits per heavy atom. The number of carbonyl (C=O) groups is 2. The van der Waals surface area contributed by atoms with E-state index in [2.05, 4.69) is 92.1 Å². The van der Waals surface area contributed by atoms with E-state index in [1.54, 1.807) is 6.08 Å². The maximum absolute atomic E-state index is 13.1. The van der Waals surface area contributed by atoms with E-state index >= 15 is 0 Å². The van der Waals surface area contributed by atoms with Crippen LogP contribution in [0.5, 0.6) is 0 Å². The molecule has 11 nitrogen and oxygen atoms in total. The number of aliphatic hydroxyl groups is 5. The normalized spacial score (nSPS) is 18.4. The Balaban J connectivity index is 2.00. The van der Waals surface area contributed by atoms with E-state index in [4.69, 9.17) is 14.2 Å². The van der Waals surface area contributed by atoms with Gasteiger partial charge in [0.2, 0.25) is 5.91 Å². The Morgan fingerprint density at radius 1 is 0.425 bits per heavy atom. The van der Waals surface area contributed by atoms with E-state index in [-0.39, 0.29) is 18.5 Å². The van der Waals surface area contributed by atoms with Crippen molar-refractivity contribution < 1.29 is 49.3 Å². The second-order valence-corrected chi connectivity index (χ2v) is 24.9. The van der Waals surface area contributed by atoms with Gasteiger partial charge in [-0.3, -0.25) is 9.59 Å². The maximum Gasteiger partial charge on any atom is 0.305 e. The van der Waals surface area contributed by atoms with Crippen LogP contribution in [0.1, 0.15) is 322 Å². The third-order valence-corrected chi connectivity index (χ3v) is 16.7. The predicted molar refractivity (Wildman–Crippen MR) is 366 cm³/mol. The molecule has 0 saturated carbocycles. The van der Waals surface area contributed by atoms with E-state index in [9.17, 15) is 35.1 Å². The van der Waals surface area contributed by atoms with E-state index in [1.807, 2.05) is 6.08 Å². The largest absolute Gasteiger partial charge is 0.466 e. The smallest absolute Gasteiger partial charge is 0.305 e. The number of hydrogen-bond acceptors (Lipinski definition) is 10. The molecule has 6 N–H and O–H groups in total. The lowest BCUT2D eigenvalue weighted by atomic mass is 9.99. The summed E-state index contributed by atoms with van der Waals surface area (Å²) in [4.78, 5) is 25.1. The maximum atomic E-state index is 13.1. The Morgan fingerprint density at radius 3 is 1.25 bits per heavy atom. The number of carbonyl (C=O) groups excluding carboxylic acids is 2. The molecule has 1 rings (SSSR count). The van der Waals surface area contributed by atoms with Crippen LogP contribution in [0, 0.1) is 0 Å². The first kappa shape index (κ1) is 81.9. The summed E-state index contributed by atoms with van der Waals surface area (Å²) in [7, 11) is 0. The molecule has 1 aliphatic heterocycles. The molecule has 0 aromatic carbocycles. The van der Waals surface area contributed by atoms with Crippen LogP contribution in [0.3, 0.4) is 0 Å². The fraction of sp³-hybridized carbons (Fsp3) is 0.789. The molecule has 0 aliphatic carbocycles. The van der Waals surface area contributed by atoms with Gasteiger partial charge in [0.15, 0.2) is 6.29 Å². The quantitative estimate of drug-likeness (QED) is 0.0195. The van der Waals surface area contributed by atoms with Gasteiger partial charge < -0.3 is 45.1 Å². The summed E-state index contributed by atoms with van der Waals surface area (Å²) in [5.74, 6) is -0.207. The SMILES string of the molecule is CCC/C=C\C/C=C\CCCCCCCC(=O)OCCCCCCCCCCC/C=C\C/C=C\CCCCCCCCCCCCCCCCCC(=O)NC(COC1OC(CO)C(O)C(O)C1O)C(O)/C=C/CC/C=C/CC/C=C/CCCCCCC. The fourth-order valence-corrected chi connectivity index (χ4v) is 10.9. The number of unbranched alkanes of at least 4 members (excludes halogenated alkanes) is 37. The van der Waals surface area contributed by atoms with E-state index in [0.717, 1.165) is 83.5 Å². The summed E-state index contributed by atoms with van der Waals surface area (Å²) in [5.41, 5.74) is 0. The highest BCUT2D eigenvalue weighted by atomic mass is 16.7. The molecule has 87 heavy (non-hydrogen) atoms. The van der Waals surface area contributed by atoms with E-state index in [1.165, 1.54) is 212 Å². The van der Waals surface area contributed by atoms with Crippen LogP contribution >= 0.6 is 0 Å². The third-order valence-electron chi connectivity index (χ3n) is 16.7. The molecule has 504 valence electrons. The molecule has 0 radical (unpaired) electrons. The summed E-state index contributed by atoms with van der Waals surface area (Å²) >= 11 is 0. The standard InChI is InChI=1S/C76H135NO10/c1-3-5-7-9-11-13-15-17-35-39-42-46-50-54-58-62-69(79)68(67-86-76-75(84)74(83)73(82)70(66-78)87-76)77-71(80)63-59-55-51-47-43-40-36-33-31-29-27-25-23-21-19-18-20-22-24-26-28-30-32-34-37-41-45-49-53-57-61-65-85-72(81)64-60-56-52-48-44-38-16-14-12-10-8-6-4-2/h8,10,14-17,20,22,26,28,42,46,58,62,68-70,73-76,78-79,82-84H,3-7,9,11-13,18-19,21,23-25,27,29-41,43-45,47-57,59-61,63-67H2,1-2H3,(H,77,80)/b10-8-,16-14-,17-15+,22-20-,28-26-,46-42+,62-58+. The van der Waals surface area contributed by atoms with Crippen LogP contribution in [-0.4, -0.2) is 100 Å². The van der Waals surface area contributed by atoms with Crippen LogP contribution in [-0.2, 0) is 23.8 Å². The summed E-state index contributed by atoms with van der Waals surface area (Å²) in [6.07, 6.45) is 78.6. The minimum Gasteiger partial charge on any atom is -0.466 e. The second kappa shape index (κ2) is 64.4. The molecule has 0 aromatic rings. The molecule has 11 heteroatoms. The number of esters is 1. The Kier molecular flexibility index (Phi) is 60.6. The molecule has 7 unspecified atom stereocenters. The molecular weight excluding hydrogens is 1090 g/mol. The Labute approximate surface area is 533 Å². The number of amides is 1. The summed E-state index contributed by atoms with van der Waals surface area (Å²) in [6, 6.07) is -0.837. The highest BCUT2D eigenvalue weighted by molar-refractivity contribution is 5.76. The van der Waals surface area contributed by atoms with Crippen molar-refractivity contribution in [3.8, 4) is 0 Å². The molecule has 1 amide bonds. The first-order valence-electron chi connectivity index (χ1n) is 36.4. The summed E-state index contributed by atoms with van der Waals surface area (Å²) in [5, 5.41) is 54.5. The highest BCUT2D eigenvalue weighted by Gasteiger charge is 2.44. The highest BCUT2D eigenvalue weighted by Crippen LogP contribution is 2.23. The van der Waals surface area contributed by atoms with Gasteiger partial charge >= 0.3 is 5.97 Å². The van der Waals surface area contributed by atoms with Crippen LogP contribution < -0.4 is 5.32 Å². The number of aliphatic hydroxyl groups excluding tert-OH is 5. The topological polar surface area (TPSA) is 175 Å². The van der Waals surface area contributed by atoms with Crippen molar-refractivity contribution in [1.82, 2.24) is 5.32 Å². The Bertz CT molecular complexity index is 1720. The predicted octanol–water partition coefficient (Wildman–Crippen LogP) is 18.8. The van der Waals surface area contributed by atoms with Crippen molar-refractivity contribution in [1.29, 1.82) is 0 Å². The minimum absolute atomic E-state index is 0.0112. The lowest BCUT2D eigenvalue weighted by Crippen LogP contribution is -2.60. The van der Waals surface area contributed by atoms with Gasteiger partial charge in [-0.2, -0.15) is 0 Å². The van der Waals surface area contributed by atoms with Gasteiger partial charge in [0.1, 0.15) is 24.4 Å². The van der Waals surface area contributed by atoms with Crippen molar-refractivity contribution in [2.45, 2.75) is 365 Å². The first-order valence-corrected chi connectivity index (χ1v) is 36.4. The lowest BCUT2D eigenvalue weighted by molar-refractivity contribution is -0.302. The van der Waals surface area contributed by atoms with Gasteiger partial charge in [-0.25, -0.2) is 0 Å². The van der Waals surface area contributed by atoms with Crippen molar-refractivity contribution >= 4 is 11.9 Å². The summed E-state index contributed by atoms with van der Waals surface area (Å²) in [6.45, 7) is 4.25. The summed E-state index contributed by atoms with van der Waals surface area (Å²) < 4.78 is 16.7. The van der Waals surface area contributed by atoms with Gasteiger partial charge in [0, 0.05) is 12.8 Å². The average Bonchev–Trinajstić information content (AvgIpc) is 2.91. The van der Waals surface area contributed by atoms with E-state index < -0.39 is 49.5 Å². The van der Waals surface area contributed by atoms with Crippen molar-refractivity contribution in [3.05, 3.63) is 85.1 Å². The average molecular weight is 1220 g/mol. The number of ether oxygens (including phenoxy) is 3. The van der Waals surface area contributed by atoms with Crippen molar-refractivity contribution in [2.24, 2.45) is 0 Å². The zero-order valence-corrected chi connectivity index (χ0v) is 56.0. The van der Waals surface area contributed by atoms with Crippen molar-refractivity contribution in [3.63, 3.8) is 0 Å². The zero-order chi connectivity index (χ0) is 63.0. The molecule has 1 saturated heterocycles. The van der Waals surface area contributed by atoms with E-state index in [0.29, 0.717) is 19.4 Å². The second-order valence-electron chi connectivity index (χ2n) is 24.9. The lowest BCUT2D eigenvalue weighted by Gasteiger charge is -2.40. The number of nitrogens with one attached hydrogen (secondary N) is 1. The molecular formula is C76H135NO10. The molecule has 7 atom stereocenters. The van der Waals surface area contributed by atoms with Gasteiger partial charge in [0.05, 0.1) is 32.0 Å². The number of rotatable bonds is 63. The molecule has 1 fully saturated rings. The monoisotopic (exact) mass is 1220 g/mol. The fourth-order valence-electron chi connectivity index (χ4n) is 10.9. The van der Waals surface area contributed by atoms with Crippen molar-refractivity contribution in [2.75, 3.05) is 19.8 Å². The third kappa shape index (κ3) is 53.2. The Hall–Kier alpha value is -3.16. The number of allylic oxidation sites excluding steroid dienone is 13. The molecule has 0 aromatic heterocycles. The zero-order valence-electron chi connectivity index (χ0n) is 56.0. The van der Waals surface area contributed by atoms with Crippen LogP contribution in [0.2, 0.25) is 0 Å². The minimum atomic E-state index is -1.58.